The van der Waals surface area contributed by atoms with Gasteiger partial charge in [-0.1, -0.05) is 12.1 Å². The lowest BCUT2D eigenvalue weighted by Gasteiger charge is -2.14. The van der Waals surface area contributed by atoms with Crippen molar-refractivity contribution in [3.63, 3.8) is 0 Å². The summed E-state index contributed by atoms with van der Waals surface area (Å²) in [5, 5.41) is 8.46. The van der Waals surface area contributed by atoms with Gasteiger partial charge in [-0.2, -0.15) is 5.26 Å². The summed E-state index contributed by atoms with van der Waals surface area (Å²) in [5.41, 5.74) is 6.60. The van der Waals surface area contributed by atoms with Gasteiger partial charge in [-0.3, -0.25) is 0 Å². The average Bonchev–Trinajstić information content (AvgIpc) is 2.36. The largest absolute Gasteiger partial charge is 0.493 e. The zero-order chi connectivity index (χ0) is 12.5. The van der Waals surface area contributed by atoms with Crippen molar-refractivity contribution in [2.24, 2.45) is 5.73 Å². The molecule has 4 heteroatoms. The Labute approximate surface area is 102 Å². The van der Waals surface area contributed by atoms with Crippen molar-refractivity contribution in [3.05, 3.63) is 23.8 Å². The third kappa shape index (κ3) is 3.97. The van der Waals surface area contributed by atoms with Crippen LogP contribution in [0.2, 0.25) is 0 Å². The van der Waals surface area contributed by atoms with Crippen molar-refractivity contribution < 1.29 is 9.47 Å². The van der Waals surface area contributed by atoms with Gasteiger partial charge in [-0.25, -0.2) is 0 Å². The van der Waals surface area contributed by atoms with E-state index in [9.17, 15) is 0 Å². The molecule has 0 aliphatic carbocycles. The van der Waals surface area contributed by atoms with Crippen LogP contribution in [0.25, 0.3) is 0 Å². The SMILES string of the molecule is COc1cccc(CCN)c1OCCCC#N. The molecule has 0 fully saturated rings. The number of unbranched alkanes of at least 4 members (excludes halogenated alkanes) is 1. The minimum absolute atomic E-state index is 0.501. The predicted molar refractivity (Wildman–Crippen MR) is 66.1 cm³/mol. The Morgan fingerprint density at radius 1 is 1.41 bits per heavy atom. The Kier molecular flexibility index (Phi) is 5.91. The molecule has 17 heavy (non-hydrogen) atoms. The Morgan fingerprint density at radius 3 is 2.88 bits per heavy atom. The number of benzene rings is 1. The standard InChI is InChI=1S/C13H18N2O2/c1-16-12-6-4-5-11(7-9-15)13(12)17-10-3-2-8-14/h4-6H,2-3,7,9-10,15H2,1H3. The molecular weight excluding hydrogens is 216 g/mol. The first-order chi connectivity index (χ1) is 8.33. The molecule has 0 aliphatic heterocycles. The Morgan fingerprint density at radius 2 is 2.24 bits per heavy atom. The predicted octanol–water partition coefficient (Wildman–Crippen LogP) is 1.88. The summed E-state index contributed by atoms with van der Waals surface area (Å²) in [6, 6.07) is 7.86. The minimum atomic E-state index is 0.501. The van der Waals surface area contributed by atoms with Crippen LogP contribution in [-0.2, 0) is 6.42 Å². The smallest absolute Gasteiger partial charge is 0.164 e. The second-order valence-corrected chi connectivity index (χ2v) is 3.60. The van der Waals surface area contributed by atoms with Gasteiger partial charge >= 0.3 is 0 Å². The van der Waals surface area contributed by atoms with E-state index in [2.05, 4.69) is 6.07 Å². The molecule has 0 aliphatic rings. The van der Waals surface area contributed by atoms with Gasteiger partial charge < -0.3 is 15.2 Å². The van der Waals surface area contributed by atoms with Crippen LogP contribution in [0.1, 0.15) is 18.4 Å². The number of nitrogens with two attached hydrogens (primary N) is 1. The Balaban J connectivity index is 2.74. The molecule has 4 nitrogen and oxygen atoms in total. The van der Waals surface area contributed by atoms with Crippen LogP contribution in [0, 0.1) is 11.3 Å². The molecule has 0 heterocycles. The van der Waals surface area contributed by atoms with E-state index in [4.69, 9.17) is 20.5 Å². The molecule has 92 valence electrons. The molecule has 0 spiro atoms. The molecular formula is C13H18N2O2. The van der Waals surface area contributed by atoms with Gasteiger partial charge in [-0.15, -0.1) is 0 Å². The van der Waals surface area contributed by atoms with Crippen LogP contribution in [0.3, 0.4) is 0 Å². The summed E-state index contributed by atoms with van der Waals surface area (Å²) in [6.45, 7) is 1.09. The maximum atomic E-state index is 8.46. The van der Waals surface area contributed by atoms with Crippen LogP contribution in [0.15, 0.2) is 18.2 Å². The maximum absolute atomic E-state index is 8.46. The zero-order valence-electron chi connectivity index (χ0n) is 10.1. The van der Waals surface area contributed by atoms with Gasteiger partial charge in [0.15, 0.2) is 11.5 Å². The van der Waals surface area contributed by atoms with Gasteiger partial charge in [-0.05, 0) is 31.0 Å². The Bertz CT molecular complexity index is 385. The summed E-state index contributed by atoms with van der Waals surface area (Å²) in [4.78, 5) is 0. The quantitative estimate of drug-likeness (QED) is 0.731. The topological polar surface area (TPSA) is 68.3 Å². The van der Waals surface area contributed by atoms with Crippen molar-refractivity contribution in [2.45, 2.75) is 19.3 Å². The Hall–Kier alpha value is -1.73. The molecule has 0 bridgehead atoms. The van der Waals surface area contributed by atoms with E-state index in [-0.39, 0.29) is 0 Å². The van der Waals surface area contributed by atoms with Gasteiger partial charge in [0.1, 0.15) is 0 Å². The first-order valence-electron chi connectivity index (χ1n) is 5.69. The number of ether oxygens (including phenoxy) is 2. The highest BCUT2D eigenvalue weighted by atomic mass is 16.5. The number of nitrogens with zero attached hydrogens (tertiary/aromatic N) is 1. The highest BCUT2D eigenvalue weighted by Crippen LogP contribution is 2.31. The number of hydrogen-bond donors (Lipinski definition) is 1. The summed E-state index contributed by atoms with van der Waals surface area (Å²) in [6.07, 6.45) is 1.97. The van der Waals surface area contributed by atoms with E-state index in [1.807, 2.05) is 18.2 Å². The van der Waals surface area contributed by atoms with Crippen molar-refractivity contribution >= 4 is 0 Å². The zero-order valence-corrected chi connectivity index (χ0v) is 10.1. The molecule has 0 saturated heterocycles. The highest BCUT2D eigenvalue weighted by molar-refractivity contribution is 5.46. The fourth-order valence-corrected chi connectivity index (χ4v) is 1.56. The molecule has 0 amide bonds. The van der Waals surface area contributed by atoms with Crippen LogP contribution >= 0.6 is 0 Å². The van der Waals surface area contributed by atoms with Crippen molar-refractivity contribution in [3.8, 4) is 17.6 Å². The molecule has 0 aromatic heterocycles. The van der Waals surface area contributed by atoms with Crippen LogP contribution in [-0.4, -0.2) is 20.3 Å². The summed E-state index contributed by atoms with van der Waals surface area (Å²) in [5.74, 6) is 1.46. The van der Waals surface area contributed by atoms with E-state index in [1.54, 1.807) is 7.11 Å². The second-order valence-electron chi connectivity index (χ2n) is 3.60. The number of methoxy groups -OCH3 is 1. The van der Waals surface area contributed by atoms with E-state index < -0.39 is 0 Å². The van der Waals surface area contributed by atoms with Crippen LogP contribution < -0.4 is 15.2 Å². The minimum Gasteiger partial charge on any atom is -0.493 e. The van der Waals surface area contributed by atoms with Crippen molar-refractivity contribution in [1.29, 1.82) is 5.26 Å². The third-order valence-corrected chi connectivity index (χ3v) is 2.37. The van der Waals surface area contributed by atoms with Gasteiger partial charge in [0.2, 0.25) is 0 Å². The van der Waals surface area contributed by atoms with Crippen molar-refractivity contribution in [1.82, 2.24) is 0 Å². The summed E-state index contributed by atoms with van der Waals surface area (Å²) >= 11 is 0. The van der Waals surface area contributed by atoms with Gasteiger partial charge in [0.25, 0.3) is 0 Å². The maximum Gasteiger partial charge on any atom is 0.164 e. The number of para-hydroxylation sites is 1. The lowest BCUT2D eigenvalue weighted by Crippen LogP contribution is -2.07. The molecule has 0 radical (unpaired) electrons. The first kappa shape index (κ1) is 13.3. The molecule has 0 saturated carbocycles. The number of rotatable bonds is 7. The molecule has 0 atom stereocenters. The van der Waals surface area contributed by atoms with Crippen LogP contribution in [0.4, 0.5) is 0 Å². The molecule has 1 rings (SSSR count). The van der Waals surface area contributed by atoms with Crippen LogP contribution in [0.5, 0.6) is 11.5 Å². The van der Waals surface area contributed by atoms with E-state index in [0.29, 0.717) is 25.3 Å². The van der Waals surface area contributed by atoms with Gasteiger partial charge in [0.05, 0.1) is 19.8 Å². The fraction of sp³-hybridized carbons (Fsp3) is 0.462. The summed E-state index contributed by atoms with van der Waals surface area (Å²) < 4.78 is 10.9. The second kappa shape index (κ2) is 7.53. The lowest BCUT2D eigenvalue weighted by molar-refractivity contribution is 0.288. The third-order valence-electron chi connectivity index (χ3n) is 2.37. The fourth-order valence-electron chi connectivity index (χ4n) is 1.56. The highest BCUT2D eigenvalue weighted by Gasteiger charge is 2.09. The normalized spacial score (nSPS) is 9.71. The number of nitriles is 1. The molecule has 1 aromatic rings. The van der Waals surface area contributed by atoms with E-state index in [0.717, 1.165) is 24.2 Å². The summed E-state index contributed by atoms with van der Waals surface area (Å²) in [7, 11) is 1.61. The average molecular weight is 234 g/mol. The van der Waals surface area contributed by atoms with E-state index in [1.165, 1.54) is 0 Å². The first-order valence-corrected chi connectivity index (χ1v) is 5.69. The molecule has 0 unspecified atom stereocenters. The monoisotopic (exact) mass is 234 g/mol. The van der Waals surface area contributed by atoms with E-state index >= 15 is 0 Å². The number of hydrogen-bond acceptors (Lipinski definition) is 4. The van der Waals surface area contributed by atoms with Gasteiger partial charge in [0, 0.05) is 6.42 Å². The molecule has 2 N–H and O–H groups in total. The molecule has 1 aromatic carbocycles. The lowest BCUT2D eigenvalue weighted by atomic mass is 10.1. The van der Waals surface area contributed by atoms with Crippen molar-refractivity contribution in [2.75, 3.05) is 20.3 Å².